The number of azide groups is 1. The summed E-state index contributed by atoms with van der Waals surface area (Å²) in [7, 11) is -0.349. The van der Waals surface area contributed by atoms with Gasteiger partial charge in [-0.25, -0.2) is 10.8 Å². The third-order valence-corrected chi connectivity index (χ3v) is 2.18. The lowest BCUT2D eigenvalue weighted by molar-refractivity contribution is 1.23. The average Bonchev–Trinajstić information content (AvgIpc) is 2.03. The van der Waals surface area contributed by atoms with Crippen molar-refractivity contribution in [3.63, 3.8) is 0 Å². The zero-order valence-electron chi connectivity index (χ0n) is 5.00. The third-order valence-electron chi connectivity index (χ3n) is 0.403. The molecule has 0 aromatic heterocycles. The van der Waals surface area contributed by atoms with Crippen LogP contribution in [0.1, 0.15) is 0 Å². The lowest BCUT2D eigenvalue weighted by Crippen LogP contribution is -1.49. The minimum Gasteiger partial charge on any atom is -0.217 e. The summed E-state index contributed by atoms with van der Waals surface area (Å²) in [4.78, 5) is 2.31. The van der Waals surface area contributed by atoms with Gasteiger partial charge in [0.15, 0.2) is 5.40 Å². The van der Waals surface area contributed by atoms with Gasteiger partial charge in [0.05, 0.1) is 0 Å². The number of hydrogen-bond acceptors (Lipinski definition) is 3. The topological polar surface area (TPSA) is 89.3 Å². The van der Waals surface area contributed by atoms with Gasteiger partial charge in [0, 0.05) is 10.3 Å². The fraction of sp³-hybridized carbons (Fsp3) is 0. The molecule has 8 heteroatoms. The van der Waals surface area contributed by atoms with Crippen molar-refractivity contribution in [1.29, 1.82) is 5.26 Å². The van der Waals surface area contributed by atoms with Gasteiger partial charge in [0.1, 0.15) is 10.8 Å². The Morgan fingerprint density at radius 2 is 2.45 bits per heavy atom. The van der Waals surface area contributed by atoms with E-state index in [9.17, 15) is 0 Å². The molecule has 0 rings (SSSR count). The molecule has 0 aliphatic heterocycles. The second-order valence-corrected chi connectivity index (χ2v) is 3.55. The highest BCUT2D eigenvalue weighted by atomic mass is 33.1. The second kappa shape index (κ2) is 6.69. The Morgan fingerprint density at radius 3 is 2.91 bits per heavy atom. The molecular formula is C3N6S2. The number of thiocyanates is 1. The maximum atomic E-state index is 8.12. The third kappa shape index (κ3) is 5.04. The average molecular weight is 184 g/mol. The first-order valence-electron chi connectivity index (χ1n) is 2.03. The number of nitrogens with zero attached hydrogens (tertiary/aromatic N) is 6. The highest BCUT2D eigenvalue weighted by molar-refractivity contribution is 8.85. The van der Waals surface area contributed by atoms with Crippen LogP contribution in [-0.4, -0.2) is 5.16 Å². The Labute approximate surface area is 68.4 Å². The summed E-state index contributed by atoms with van der Waals surface area (Å²) >= 11 is 0. The molecule has 0 aliphatic rings. The van der Waals surface area contributed by atoms with E-state index in [2.05, 4.69) is 24.6 Å². The predicted molar refractivity (Wildman–Crippen MR) is 44.0 cm³/mol. The van der Waals surface area contributed by atoms with E-state index in [1.807, 2.05) is 0 Å². The van der Waals surface area contributed by atoms with E-state index in [1.54, 1.807) is 5.40 Å². The molecule has 1 unspecified atom stereocenters. The van der Waals surface area contributed by atoms with E-state index >= 15 is 0 Å². The van der Waals surface area contributed by atoms with Crippen LogP contribution in [0.25, 0.3) is 14.7 Å². The van der Waals surface area contributed by atoms with E-state index in [4.69, 9.17) is 17.4 Å². The molecule has 0 aromatic carbocycles. The largest absolute Gasteiger partial charge is 0.322 e. The number of nitriles is 1. The predicted octanol–water partition coefficient (Wildman–Crippen LogP) is 2.35. The van der Waals surface area contributed by atoms with Gasteiger partial charge < -0.3 is 0 Å². The summed E-state index contributed by atoms with van der Waals surface area (Å²) < 4.78 is 2.98. The van der Waals surface area contributed by atoms with Crippen molar-refractivity contribution in [3.8, 4) is 5.40 Å². The van der Waals surface area contributed by atoms with Crippen LogP contribution in [0.15, 0.2) is 10.3 Å². The van der Waals surface area contributed by atoms with Gasteiger partial charge in [-0.2, -0.15) is 10.2 Å². The summed E-state index contributed by atoms with van der Waals surface area (Å²) in [6, 6.07) is 0. The highest BCUT2D eigenvalue weighted by Crippen LogP contribution is 2.28. The monoisotopic (exact) mass is 184 g/mol. The molecule has 0 radical (unpaired) electrons. The van der Waals surface area contributed by atoms with Gasteiger partial charge >= 0.3 is 9.70 Å². The normalized spacial score (nSPS) is 9.27. The van der Waals surface area contributed by atoms with Crippen molar-refractivity contribution in [3.05, 3.63) is 21.3 Å². The van der Waals surface area contributed by atoms with Crippen LogP contribution in [0.5, 0.6) is 0 Å². The van der Waals surface area contributed by atoms with E-state index < -0.39 is 9.70 Å². The van der Waals surface area contributed by atoms with Crippen molar-refractivity contribution in [1.82, 2.24) is 0 Å². The summed E-state index contributed by atoms with van der Waals surface area (Å²) in [6.45, 7) is 6.51. The quantitative estimate of drug-likeness (QED) is 0.0758. The van der Waals surface area contributed by atoms with E-state index in [0.717, 1.165) is 10.8 Å². The van der Waals surface area contributed by atoms with Crippen LogP contribution in [0.2, 0.25) is 0 Å². The first-order chi connectivity index (χ1) is 5.35. The molecule has 54 valence electrons. The van der Waals surface area contributed by atoms with Gasteiger partial charge in [0.25, 0.3) is 5.16 Å². The fourth-order valence-corrected chi connectivity index (χ4v) is 0.994. The molecule has 6 nitrogen and oxygen atoms in total. The van der Waals surface area contributed by atoms with Crippen LogP contribution >= 0.6 is 20.5 Å². The van der Waals surface area contributed by atoms with Gasteiger partial charge in [0.2, 0.25) is 0 Å². The molecule has 0 saturated carbocycles. The van der Waals surface area contributed by atoms with Crippen LogP contribution in [0, 0.1) is 17.2 Å². The second-order valence-electron chi connectivity index (χ2n) is 0.885. The molecule has 0 amide bonds. The summed E-state index contributed by atoms with van der Waals surface area (Å²) in [5.74, 6) is 0. The SMILES string of the molecule is [C-]#[N+]S(=C=NN=[N+]=[N-])SC#N. The van der Waals surface area contributed by atoms with Crippen molar-refractivity contribution < 1.29 is 0 Å². The minimum atomic E-state index is -1.07. The molecule has 0 heterocycles. The number of isothiocyanates is 1. The molecule has 0 bridgehead atoms. The lowest BCUT2D eigenvalue weighted by atomic mass is 11.7. The van der Waals surface area contributed by atoms with Crippen molar-refractivity contribution in [2.75, 3.05) is 0 Å². The van der Waals surface area contributed by atoms with E-state index in [1.165, 1.54) is 0 Å². The molecule has 0 spiro atoms. The molecule has 0 fully saturated rings. The number of hydrogen-bond donors (Lipinski definition) is 0. The molecule has 0 saturated heterocycles. The molecule has 0 aromatic rings. The molecule has 11 heavy (non-hydrogen) atoms. The Balaban J connectivity index is 4.52. The molecule has 0 N–H and O–H groups in total. The first kappa shape index (κ1) is 9.57. The van der Waals surface area contributed by atoms with E-state index in [-0.39, 0.29) is 0 Å². The zero-order valence-corrected chi connectivity index (χ0v) is 6.63. The van der Waals surface area contributed by atoms with Gasteiger partial charge in [-0.05, 0) is 0 Å². The smallest absolute Gasteiger partial charge is 0.217 e. The van der Waals surface area contributed by atoms with Crippen LogP contribution in [0.4, 0.5) is 0 Å². The molecule has 1 atom stereocenters. The minimum absolute atomic E-state index is 0.718. The first-order valence-corrected chi connectivity index (χ1v) is 4.54. The van der Waals surface area contributed by atoms with Gasteiger partial charge in [-0.15, -0.1) is 5.53 Å². The lowest BCUT2D eigenvalue weighted by Gasteiger charge is -1.68. The van der Waals surface area contributed by atoms with Crippen LogP contribution < -0.4 is 0 Å². The van der Waals surface area contributed by atoms with Gasteiger partial charge in [-0.3, -0.25) is 0 Å². The van der Waals surface area contributed by atoms with Gasteiger partial charge in [-0.1, -0.05) is 0 Å². The maximum Gasteiger partial charge on any atom is 0.322 e. The fourth-order valence-electron chi connectivity index (χ4n) is 0.166. The zero-order chi connectivity index (χ0) is 8.53. The Hall–Kier alpha value is -1.43. The number of rotatable bonds is 2. The van der Waals surface area contributed by atoms with Crippen LogP contribution in [-0.2, 0) is 0 Å². The summed E-state index contributed by atoms with van der Waals surface area (Å²) in [5.41, 5.74) is 7.76. The molecular weight excluding hydrogens is 184 g/mol. The van der Waals surface area contributed by atoms with Crippen molar-refractivity contribution in [2.45, 2.75) is 0 Å². The standard InChI is InChI=1S/C3N6S2/c1-6-11(10-2-4)3-7-9-8-5. The molecule has 0 aliphatic carbocycles. The summed E-state index contributed by atoms with van der Waals surface area (Å²) in [6.07, 6.45) is 0. The summed E-state index contributed by atoms with van der Waals surface area (Å²) in [5, 5.41) is 17.9. The van der Waals surface area contributed by atoms with Crippen molar-refractivity contribution in [2.24, 2.45) is 10.3 Å². The van der Waals surface area contributed by atoms with Crippen molar-refractivity contribution >= 4 is 25.7 Å². The van der Waals surface area contributed by atoms with Crippen LogP contribution in [0.3, 0.4) is 0 Å². The Bertz CT molecular complexity index is 319. The Morgan fingerprint density at radius 1 is 1.73 bits per heavy atom. The highest BCUT2D eigenvalue weighted by Gasteiger charge is 1.98. The maximum absolute atomic E-state index is 8.12. The Kier molecular flexibility index (Phi) is 5.82. The van der Waals surface area contributed by atoms with E-state index in [0.29, 0.717) is 0 Å².